The number of nitrogens with zero attached hydrogens (tertiary/aromatic N) is 3. The predicted molar refractivity (Wildman–Crippen MR) is 134 cm³/mol. The number of hydrogen-bond donors (Lipinski definition) is 1. The molecule has 0 aromatic heterocycles. The molecule has 2 atom stereocenters. The second-order valence-corrected chi connectivity index (χ2v) is 9.81. The first-order valence-electron chi connectivity index (χ1n) is 10.1. The molecular formula is C22H30FIN4O3S. The Morgan fingerprint density at radius 3 is 2.47 bits per heavy atom. The van der Waals surface area contributed by atoms with Crippen LogP contribution in [0.5, 0.6) is 0 Å². The van der Waals surface area contributed by atoms with Crippen LogP contribution in [0.15, 0.2) is 58.4 Å². The van der Waals surface area contributed by atoms with Gasteiger partial charge in [-0.25, -0.2) is 17.1 Å². The maximum atomic E-state index is 13.3. The molecule has 0 amide bonds. The number of nitrogens with one attached hydrogen (secondary N) is 1. The monoisotopic (exact) mass is 576 g/mol. The van der Waals surface area contributed by atoms with Crippen LogP contribution in [0.25, 0.3) is 0 Å². The molecule has 10 heteroatoms. The van der Waals surface area contributed by atoms with E-state index in [4.69, 9.17) is 4.74 Å². The summed E-state index contributed by atoms with van der Waals surface area (Å²) in [5.74, 6) is 0.368. The van der Waals surface area contributed by atoms with Gasteiger partial charge in [-0.15, -0.1) is 24.0 Å². The van der Waals surface area contributed by atoms with Gasteiger partial charge in [-0.2, -0.15) is 0 Å². The molecule has 1 fully saturated rings. The van der Waals surface area contributed by atoms with Gasteiger partial charge in [-0.3, -0.25) is 4.99 Å². The highest BCUT2D eigenvalue weighted by Crippen LogP contribution is 2.26. The van der Waals surface area contributed by atoms with Gasteiger partial charge in [0.1, 0.15) is 11.9 Å². The zero-order chi connectivity index (χ0) is 22.6. The van der Waals surface area contributed by atoms with Gasteiger partial charge in [0.2, 0.25) is 10.0 Å². The SMILES string of the molecule is CN=C(NCc1ccccc1S(=O)(=O)N(C)C)N1CC(C)OC(c2ccc(F)cc2)C1.I. The van der Waals surface area contributed by atoms with Crippen molar-refractivity contribution in [2.45, 2.75) is 30.6 Å². The van der Waals surface area contributed by atoms with Crippen molar-refractivity contribution in [2.75, 3.05) is 34.2 Å². The number of benzene rings is 2. The van der Waals surface area contributed by atoms with E-state index in [2.05, 4.69) is 15.2 Å². The summed E-state index contributed by atoms with van der Waals surface area (Å²) in [5, 5.41) is 3.29. The van der Waals surface area contributed by atoms with Crippen LogP contribution >= 0.6 is 24.0 Å². The lowest BCUT2D eigenvalue weighted by Crippen LogP contribution is -2.50. The predicted octanol–water partition coefficient (Wildman–Crippen LogP) is 3.23. The van der Waals surface area contributed by atoms with E-state index in [1.54, 1.807) is 37.4 Å². The van der Waals surface area contributed by atoms with Crippen molar-refractivity contribution in [3.8, 4) is 0 Å². The minimum absolute atomic E-state index is 0. The Morgan fingerprint density at radius 2 is 1.84 bits per heavy atom. The number of rotatable bonds is 5. The van der Waals surface area contributed by atoms with Gasteiger partial charge in [0.25, 0.3) is 0 Å². The van der Waals surface area contributed by atoms with Gasteiger partial charge in [0.15, 0.2) is 5.96 Å². The number of aliphatic imine (C=N–C) groups is 1. The Morgan fingerprint density at radius 1 is 1.19 bits per heavy atom. The molecule has 176 valence electrons. The third-order valence-corrected chi connectivity index (χ3v) is 7.10. The Bertz CT molecular complexity index is 1030. The van der Waals surface area contributed by atoms with E-state index in [-0.39, 0.29) is 46.9 Å². The standard InChI is InChI=1S/C22H29FN4O3S.HI/c1-16-14-27(15-20(30-16)17-9-11-19(23)12-10-17)22(24-2)25-13-18-7-5-6-8-21(18)31(28,29)26(3)4;/h5-12,16,20H,13-15H2,1-4H3,(H,24,25);1H. The van der Waals surface area contributed by atoms with Gasteiger partial charge in [-0.05, 0) is 36.2 Å². The highest BCUT2D eigenvalue weighted by Gasteiger charge is 2.29. The number of ether oxygens (including phenoxy) is 1. The molecule has 1 aliphatic heterocycles. The van der Waals surface area contributed by atoms with E-state index in [9.17, 15) is 12.8 Å². The van der Waals surface area contributed by atoms with Gasteiger partial charge in [0, 0.05) is 34.2 Å². The summed E-state index contributed by atoms with van der Waals surface area (Å²) in [6.07, 6.45) is -0.270. The molecule has 1 N–H and O–H groups in total. The molecule has 0 spiro atoms. The fourth-order valence-corrected chi connectivity index (χ4v) is 4.71. The molecule has 7 nitrogen and oxygen atoms in total. The zero-order valence-corrected chi connectivity index (χ0v) is 21.8. The maximum absolute atomic E-state index is 13.3. The average molecular weight is 576 g/mol. The van der Waals surface area contributed by atoms with Gasteiger partial charge in [-0.1, -0.05) is 30.3 Å². The van der Waals surface area contributed by atoms with Gasteiger partial charge >= 0.3 is 0 Å². The number of halogens is 2. The van der Waals surface area contributed by atoms with Crippen LogP contribution in [0.2, 0.25) is 0 Å². The second-order valence-electron chi connectivity index (χ2n) is 7.69. The summed E-state index contributed by atoms with van der Waals surface area (Å²) in [4.78, 5) is 6.73. The Kier molecular flexibility index (Phi) is 9.43. The van der Waals surface area contributed by atoms with Gasteiger partial charge in [0.05, 0.1) is 17.5 Å². The van der Waals surface area contributed by atoms with Crippen molar-refractivity contribution in [1.82, 2.24) is 14.5 Å². The molecule has 2 aromatic carbocycles. The maximum Gasteiger partial charge on any atom is 0.242 e. The van der Waals surface area contributed by atoms with Gasteiger partial charge < -0.3 is 15.0 Å². The van der Waals surface area contributed by atoms with Crippen LogP contribution in [0, 0.1) is 5.82 Å². The lowest BCUT2D eigenvalue weighted by Gasteiger charge is -2.38. The molecule has 2 aromatic rings. The molecule has 0 bridgehead atoms. The second kappa shape index (κ2) is 11.4. The molecule has 2 unspecified atom stereocenters. The van der Waals surface area contributed by atoms with E-state index in [0.29, 0.717) is 31.2 Å². The highest BCUT2D eigenvalue weighted by molar-refractivity contribution is 14.0. The summed E-state index contributed by atoms with van der Waals surface area (Å²) in [6, 6.07) is 13.2. The lowest BCUT2D eigenvalue weighted by molar-refractivity contribution is -0.0605. The molecule has 0 radical (unpaired) electrons. The van der Waals surface area contributed by atoms with Crippen LogP contribution in [0.3, 0.4) is 0 Å². The Hall–Kier alpha value is -1.76. The molecule has 1 heterocycles. The van der Waals surface area contributed by atoms with Crippen LogP contribution in [-0.4, -0.2) is 63.9 Å². The summed E-state index contributed by atoms with van der Waals surface area (Å²) in [7, 11) is 1.17. The third kappa shape index (κ3) is 6.18. The molecule has 3 rings (SSSR count). The van der Waals surface area contributed by atoms with Crippen molar-refractivity contribution in [1.29, 1.82) is 0 Å². The van der Waals surface area contributed by atoms with E-state index < -0.39 is 10.0 Å². The fourth-order valence-electron chi connectivity index (χ4n) is 3.59. The molecule has 0 saturated carbocycles. The molecule has 0 aliphatic carbocycles. The van der Waals surface area contributed by atoms with Crippen molar-refractivity contribution in [2.24, 2.45) is 4.99 Å². The minimum atomic E-state index is -3.55. The van der Waals surface area contributed by atoms with Crippen molar-refractivity contribution in [3.63, 3.8) is 0 Å². The third-order valence-electron chi connectivity index (χ3n) is 5.18. The average Bonchev–Trinajstić information content (AvgIpc) is 2.74. The first kappa shape index (κ1) is 26.5. The first-order chi connectivity index (χ1) is 14.7. The quantitative estimate of drug-likeness (QED) is 0.336. The van der Waals surface area contributed by atoms with E-state index >= 15 is 0 Å². The molecule has 1 aliphatic rings. The zero-order valence-electron chi connectivity index (χ0n) is 18.7. The lowest BCUT2D eigenvalue weighted by atomic mass is 10.1. The Balaban J connectivity index is 0.00000363. The van der Waals surface area contributed by atoms with Crippen molar-refractivity contribution < 1.29 is 17.5 Å². The molecule has 1 saturated heterocycles. The minimum Gasteiger partial charge on any atom is -0.367 e. The van der Waals surface area contributed by atoms with Crippen LogP contribution in [-0.2, 0) is 21.3 Å². The van der Waals surface area contributed by atoms with Crippen LogP contribution < -0.4 is 5.32 Å². The van der Waals surface area contributed by atoms with E-state index in [0.717, 1.165) is 5.56 Å². The summed E-state index contributed by atoms with van der Waals surface area (Å²) < 4.78 is 45.9. The largest absolute Gasteiger partial charge is 0.367 e. The van der Waals surface area contributed by atoms with Crippen molar-refractivity contribution >= 4 is 40.0 Å². The Labute approximate surface area is 206 Å². The summed E-state index contributed by atoms with van der Waals surface area (Å²) >= 11 is 0. The van der Waals surface area contributed by atoms with Crippen LogP contribution in [0.4, 0.5) is 4.39 Å². The normalized spacial score (nSPS) is 19.6. The molecule has 32 heavy (non-hydrogen) atoms. The summed E-state index contributed by atoms with van der Waals surface area (Å²) in [6.45, 7) is 3.47. The number of guanidine groups is 1. The smallest absolute Gasteiger partial charge is 0.242 e. The highest BCUT2D eigenvalue weighted by atomic mass is 127. The first-order valence-corrected chi connectivity index (χ1v) is 11.5. The van der Waals surface area contributed by atoms with Crippen molar-refractivity contribution in [3.05, 3.63) is 65.5 Å². The number of hydrogen-bond acceptors (Lipinski definition) is 4. The summed E-state index contributed by atoms with van der Waals surface area (Å²) in [5.41, 5.74) is 1.56. The number of sulfonamides is 1. The number of morpholine rings is 1. The van der Waals surface area contributed by atoms with Crippen LogP contribution in [0.1, 0.15) is 24.2 Å². The molecular weight excluding hydrogens is 546 g/mol. The topological polar surface area (TPSA) is 74.2 Å². The van der Waals surface area contributed by atoms with E-state index in [1.807, 2.05) is 13.0 Å². The fraction of sp³-hybridized carbons (Fsp3) is 0.409. The van der Waals surface area contributed by atoms with E-state index in [1.165, 1.54) is 30.5 Å².